The number of nitrogens with zero attached hydrogens (tertiary/aromatic N) is 4. The van der Waals surface area contributed by atoms with Gasteiger partial charge in [-0.05, 0) is 13.8 Å². The van der Waals surface area contributed by atoms with Gasteiger partial charge in [0, 0.05) is 44.0 Å². The van der Waals surface area contributed by atoms with Gasteiger partial charge in [0.15, 0.2) is 5.82 Å². The van der Waals surface area contributed by atoms with Gasteiger partial charge >= 0.3 is 0 Å². The minimum Gasteiger partial charge on any atom is -0.379 e. The Hall–Kier alpha value is -2.19. The van der Waals surface area contributed by atoms with Gasteiger partial charge < -0.3 is 19.9 Å². The molecule has 1 fully saturated rings. The summed E-state index contributed by atoms with van der Waals surface area (Å²) in [4.78, 5) is 11.2. The van der Waals surface area contributed by atoms with Gasteiger partial charge in [0.2, 0.25) is 5.95 Å². The van der Waals surface area contributed by atoms with E-state index in [-0.39, 0.29) is 0 Å². The van der Waals surface area contributed by atoms with Crippen molar-refractivity contribution in [3.63, 3.8) is 0 Å². The van der Waals surface area contributed by atoms with Crippen LogP contribution in [0.2, 0.25) is 0 Å². The van der Waals surface area contributed by atoms with E-state index in [9.17, 15) is 0 Å². The van der Waals surface area contributed by atoms with Crippen molar-refractivity contribution in [3.8, 4) is 0 Å². The molecular weight excluding hydrogens is 296 g/mol. The summed E-state index contributed by atoms with van der Waals surface area (Å²) >= 11 is 0. The van der Waals surface area contributed by atoms with Crippen molar-refractivity contribution >= 4 is 17.6 Å². The Morgan fingerprint density at radius 1 is 1.13 bits per heavy atom. The van der Waals surface area contributed by atoms with Crippen molar-refractivity contribution in [1.82, 2.24) is 20.0 Å². The molecule has 0 unspecified atom stereocenters. The number of aromatic nitrogens is 3. The van der Waals surface area contributed by atoms with E-state index in [0.717, 1.165) is 56.7 Å². The third kappa shape index (κ3) is 4.64. The molecule has 2 N–H and O–H groups in total. The third-order valence-corrected chi connectivity index (χ3v) is 3.56. The quantitative estimate of drug-likeness (QED) is 0.830. The molecule has 124 valence electrons. The first kappa shape index (κ1) is 15.7. The van der Waals surface area contributed by atoms with Crippen molar-refractivity contribution in [2.45, 2.75) is 13.8 Å². The highest BCUT2D eigenvalue weighted by atomic mass is 16.5. The lowest BCUT2D eigenvalue weighted by atomic mass is 10.4. The van der Waals surface area contributed by atoms with Gasteiger partial charge in [0.05, 0.1) is 13.2 Å². The van der Waals surface area contributed by atoms with Crippen LogP contribution in [0, 0.1) is 13.8 Å². The normalized spacial score (nSPS) is 15.6. The molecule has 0 amide bonds. The van der Waals surface area contributed by atoms with Gasteiger partial charge in [-0.2, -0.15) is 4.98 Å². The van der Waals surface area contributed by atoms with E-state index in [1.54, 1.807) is 6.07 Å². The lowest BCUT2D eigenvalue weighted by Crippen LogP contribution is -2.39. The Labute approximate surface area is 135 Å². The molecule has 3 heterocycles. The summed E-state index contributed by atoms with van der Waals surface area (Å²) in [5.74, 6) is 2.65. The summed E-state index contributed by atoms with van der Waals surface area (Å²) in [7, 11) is 0. The Balaban J connectivity index is 1.56. The van der Waals surface area contributed by atoms with Crippen LogP contribution in [0.5, 0.6) is 0 Å². The summed E-state index contributed by atoms with van der Waals surface area (Å²) in [5, 5.41) is 10.3. The molecule has 0 spiro atoms. The Morgan fingerprint density at radius 2 is 1.96 bits per heavy atom. The lowest BCUT2D eigenvalue weighted by molar-refractivity contribution is 0.0398. The second-order valence-corrected chi connectivity index (χ2v) is 5.55. The van der Waals surface area contributed by atoms with Gasteiger partial charge in [0.1, 0.15) is 11.6 Å². The summed E-state index contributed by atoms with van der Waals surface area (Å²) in [6, 6.07) is 3.73. The highest BCUT2D eigenvalue weighted by molar-refractivity contribution is 5.50. The molecule has 1 aliphatic heterocycles. The van der Waals surface area contributed by atoms with Crippen LogP contribution in [0.4, 0.5) is 17.6 Å². The van der Waals surface area contributed by atoms with Crippen molar-refractivity contribution in [1.29, 1.82) is 0 Å². The van der Waals surface area contributed by atoms with Gasteiger partial charge in [-0.15, -0.1) is 0 Å². The molecular formula is C15H22N6O2. The molecule has 2 aromatic heterocycles. The predicted molar refractivity (Wildman–Crippen MR) is 87.0 cm³/mol. The van der Waals surface area contributed by atoms with E-state index in [2.05, 4.69) is 30.7 Å². The van der Waals surface area contributed by atoms with Gasteiger partial charge in [-0.3, -0.25) is 4.90 Å². The number of aryl methyl sites for hydroxylation is 2. The minimum absolute atomic E-state index is 0.507. The summed E-state index contributed by atoms with van der Waals surface area (Å²) in [5.41, 5.74) is 0.886. The Bertz CT molecular complexity index is 639. The number of nitrogens with one attached hydrogen (secondary N) is 2. The molecule has 23 heavy (non-hydrogen) atoms. The molecule has 0 atom stereocenters. The fourth-order valence-corrected chi connectivity index (χ4v) is 2.42. The van der Waals surface area contributed by atoms with Crippen LogP contribution in [0.15, 0.2) is 16.7 Å². The van der Waals surface area contributed by atoms with E-state index in [4.69, 9.17) is 9.26 Å². The number of ether oxygens (including phenoxy) is 1. The van der Waals surface area contributed by atoms with E-state index in [1.165, 1.54) is 0 Å². The zero-order valence-corrected chi connectivity index (χ0v) is 13.5. The SMILES string of the molecule is Cc1cc(NCCN2CCOCC2)nc(Nc2cc(C)on2)n1. The Kier molecular flexibility index (Phi) is 5.04. The van der Waals surface area contributed by atoms with Crippen LogP contribution in [0.25, 0.3) is 0 Å². The second kappa shape index (κ2) is 7.38. The molecule has 2 aromatic rings. The van der Waals surface area contributed by atoms with Gasteiger partial charge in [0.25, 0.3) is 0 Å². The van der Waals surface area contributed by atoms with Crippen molar-refractivity contribution in [2.24, 2.45) is 0 Å². The first-order chi connectivity index (χ1) is 11.2. The van der Waals surface area contributed by atoms with Crippen LogP contribution < -0.4 is 10.6 Å². The van der Waals surface area contributed by atoms with Crippen LogP contribution in [-0.2, 0) is 4.74 Å². The monoisotopic (exact) mass is 318 g/mol. The number of hydrogen-bond donors (Lipinski definition) is 2. The largest absolute Gasteiger partial charge is 0.379 e. The minimum atomic E-state index is 0.507. The number of rotatable bonds is 6. The lowest BCUT2D eigenvalue weighted by Gasteiger charge is -2.26. The highest BCUT2D eigenvalue weighted by Gasteiger charge is 2.10. The van der Waals surface area contributed by atoms with E-state index in [1.807, 2.05) is 19.9 Å². The standard InChI is InChI=1S/C15H22N6O2/c1-11-9-13(16-3-4-21-5-7-22-8-6-21)18-15(17-11)19-14-10-12(2)23-20-14/h9-10H,3-8H2,1-2H3,(H2,16,17,18,19,20). The molecule has 0 bridgehead atoms. The molecule has 8 heteroatoms. The number of morpholine rings is 1. The molecule has 0 radical (unpaired) electrons. The van der Waals surface area contributed by atoms with Gasteiger partial charge in [-0.25, -0.2) is 4.98 Å². The smallest absolute Gasteiger partial charge is 0.230 e. The predicted octanol–water partition coefficient (Wildman–Crippen LogP) is 1.57. The van der Waals surface area contributed by atoms with E-state index >= 15 is 0 Å². The molecule has 1 aliphatic rings. The molecule has 3 rings (SSSR count). The maximum atomic E-state index is 5.35. The zero-order valence-electron chi connectivity index (χ0n) is 13.5. The topological polar surface area (TPSA) is 88.3 Å². The summed E-state index contributed by atoms with van der Waals surface area (Å²) < 4.78 is 10.4. The van der Waals surface area contributed by atoms with E-state index in [0.29, 0.717) is 11.8 Å². The molecule has 0 aliphatic carbocycles. The first-order valence-corrected chi connectivity index (χ1v) is 7.79. The molecule has 0 saturated carbocycles. The van der Waals surface area contributed by atoms with Crippen molar-refractivity contribution in [3.05, 3.63) is 23.6 Å². The maximum Gasteiger partial charge on any atom is 0.230 e. The first-order valence-electron chi connectivity index (χ1n) is 7.79. The second-order valence-electron chi connectivity index (χ2n) is 5.55. The van der Waals surface area contributed by atoms with E-state index < -0.39 is 0 Å². The van der Waals surface area contributed by atoms with Crippen LogP contribution in [0.3, 0.4) is 0 Å². The van der Waals surface area contributed by atoms with Crippen LogP contribution in [0.1, 0.15) is 11.5 Å². The van der Waals surface area contributed by atoms with Crippen LogP contribution >= 0.6 is 0 Å². The molecule has 0 aromatic carbocycles. The third-order valence-electron chi connectivity index (χ3n) is 3.56. The number of anilines is 3. The Morgan fingerprint density at radius 3 is 2.70 bits per heavy atom. The zero-order chi connectivity index (χ0) is 16.1. The summed E-state index contributed by atoms with van der Waals surface area (Å²) in [6.07, 6.45) is 0. The highest BCUT2D eigenvalue weighted by Crippen LogP contribution is 2.15. The van der Waals surface area contributed by atoms with Crippen LogP contribution in [-0.4, -0.2) is 59.4 Å². The van der Waals surface area contributed by atoms with Crippen molar-refractivity contribution < 1.29 is 9.26 Å². The van der Waals surface area contributed by atoms with Crippen molar-refractivity contribution in [2.75, 3.05) is 50.0 Å². The average Bonchev–Trinajstić information content (AvgIpc) is 2.93. The van der Waals surface area contributed by atoms with Gasteiger partial charge in [-0.1, -0.05) is 5.16 Å². The fraction of sp³-hybridized carbons (Fsp3) is 0.533. The molecule has 8 nitrogen and oxygen atoms in total. The number of hydrogen-bond acceptors (Lipinski definition) is 8. The maximum absolute atomic E-state index is 5.35. The average molecular weight is 318 g/mol. The fourth-order valence-electron chi connectivity index (χ4n) is 2.42. The summed E-state index contributed by atoms with van der Waals surface area (Å²) in [6.45, 7) is 9.19. The molecule has 1 saturated heterocycles.